The minimum absolute atomic E-state index is 0.0466. The van der Waals surface area contributed by atoms with Gasteiger partial charge in [0.1, 0.15) is 0 Å². The molecule has 4 unspecified atom stereocenters. The Morgan fingerprint density at radius 2 is 1.68 bits per heavy atom. The number of amides is 1. The Bertz CT molecular complexity index is 477. The molecule has 3 rings (SSSR count). The zero-order chi connectivity index (χ0) is 15.7. The van der Waals surface area contributed by atoms with Crippen LogP contribution in [0.1, 0.15) is 51.9 Å². The van der Waals surface area contributed by atoms with Crippen molar-refractivity contribution in [2.75, 3.05) is 6.54 Å². The minimum atomic E-state index is -0.822. The van der Waals surface area contributed by atoms with Gasteiger partial charge in [0.05, 0.1) is 11.8 Å². The molecule has 0 radical (unpaired) electrons. The van der Waals surface area contributed by atoms with Gasteiger partial charge in [-0.3, -0.25) is 9.59 Å². The summed E-state index contributed by atoms with van der Waals surface area (Å²) in [4.78, 5) is 24.1. The summed E-state index contributed by atoms with van der Waals surface area (Å²) in [6.07, 6.45) is 12.2. The fraction of sp³-hybridized carbons (Fsp3) is 0.778. The quantitative estimate of drug-likeness (QED) is 0.620. The van der Waals surface area contributed by atoms with Gasteiger partial charge in [-0.2, -0.15) is 0 Å². The van der Waals surface area contributed by atoms with E-state index in [0.29, 0.717) is 6.54 Å². The van der Waals surface area contributed by atoms with E-state index < -0.39 is 11.9 Å². The van der Waals surface area contributed by atoms with Crippen LogP contribution in [0.2, 0.25) is 0 Å². The van der Waals surface area contributed by atoms with E-state index in [9.17, 15) is 14.7 Å². The number of carbonyl (C=O) groups is 2. The lowest BCUT2D eigenvalue weighted by Crippen LogP contribution is -2.43. The summed E-state index contributed by atoms with van der Waals surface area (Å²) in [7, 11) is 0. The number of hydrogen-bond donors (Lipinski definition) is 2. The zero-order valence-corrected chi connectivity index (χ0v) is 13.4. The number of carboxylic acids is 1. The van der Waals surface area contributed by atoms with Crippen molar-refractivity contribution in [3.63, 3.8) is 0 Å². The first-order chi connectivity index (χ1) is 10.5. The van der Waals surface area contributed by atoms with E-state index in [-0.39, 0.29) is 29.1 Å². The van der Waals surface area contributed by atoms with Gasteiger partial charge in [0.15, 0.2) is 0 Å². The van der Waals surface area contributed by atoms with Crippen LogP contribution in [-0.4, -0.2) is 23.5 Å². The number of allylic oxidation sites excluding steroid dienone is 2. The molecule has 0 aliphatic heterocycles. The Labute approximate surface area is 132 Å². The maximum atomic E-state index is 12.6. The number of carboxylic acid groups (broad SMARTS) is 1. The highest BCUT2D eigenvalue weighted by Crippen LogP contribution is 2.48. The molecule has 3 aliphatic rings. The standard InChI is InChI=1S/C18H27NO3/c1-18(8-4-2-3-5-9-18)11-19-16(20)14-12-6-7-13(10-12)15(14)17(21)22/h6-7,12-15H,2-5,8-11H2,1H3,(H,19,20)(H,21,22). The van der Waals surface area contributed by atoms with Crippen molar-refractivity contribution < 1.29 is 14.7 Å². The van der Waals surface area contributed by atoms with Crippen molar-refractivity contribution in [3.05, 3.63) is 12.2 Å². The molecule has 22 heavy (non-hydrogen) atoms. The molecule has 1 amide bonds. The molecule has 2 saturated carbocycles. The van der Waals surface area contributed by atoms with E-state index in [4.69, 9.17) is 0 Å². The van der Waals surface area contributed by atoms with E-state index in [1.54, 1.807) is 0 Å². The highest BCUT2D eigenvalue weighted by atomic mass is 16.4. The molecule has 3 aliphatic carbocycles. The number of hydrogen-bond acceptors (Lipinski definition) is 2. The maximum absolute atomic E-state index is 12.6. The average molecular weight is 305 g/mol. The molecule has 0 aromatic rings. The lowest BCUT2D eigenvalue weighted by Gasteiger charge is -2.30. The normalized spacial score (nSPS) is 36.0. The molecule has 2 fully saturated rings. The summed E-state index contributed by atoms with van der Waals surface area (Å²) in [5.74, 6) is -1.61. The van der Waals surface area contributed by atoms with E-state index in [1.165, 1.54) is 25.7 Å². The first-order valence-corrected chi connectivity index (χ1v) is 8.69. The Balaban J connectivity index is 1.62. The van der Waals surface area contributed by atoms with E-state index >= 15 is 0 Å². The summed E-state index contributed by atoms with van der Waals surface area (Å²) in [5, 5.41) is 12.5. The van der Waals surface area contributed by atoms with Crippen molar-refractivity contribution >= 4 is 11.9 Å². The molecular formula is C18H27NO3. The van der Waals surface area contributed by atoms with Gasteiger partial charge in [-0.1, -0.05) is 44.8 Å². The predicted molar refractivity (Wildman–Crippen MR) is 84.2 cm³/mol. The third-order valence-corrected chi connectivity index (χ3v) is 6.05. The molecule has 4 heteroatoms. The van der Waals surface area contributed by atoms with Gasteiger partial charge in [0.25, 0.3) is 0 Å². The smallest absolute Gasteiger partial charge is 0.307 e. The Morgan fingerprint density at radius 1 is 1.09 bits per heavy atom. The molecule has 0 heterocycles. The molecule has 0 aromatic carbocycles. The van der Waals surface area contributed by atoms with Crippen LogP contribution in [0, 0.1) is 29.1 Å². The first kappa shape index (κ1) is 15.6. The number of fused-ring (bicyclic) bond motifs is 2. The van der Waals surface area contributed by atoms with Crippen LogP contribution in [0.25, 0.3) is 0 Å². The number of carbonyl (C=O) groups excluding carboxylic acids is 1. The molecule has 0 aromatic heterocycles. The second-order valence-electron chi connectivity index (χ2n) is 7.78. The van der Waals surface area contributed by atoms with Crippen molar-refractivity contribution in [3.8, 4) is 0 Å². The van der Waals surface area contributed by atoms with Gasteiger partial charge in [-0.15, -0.1) is 0 Å². The van der Waals surface area contributed by atoms with E-state index in [1.807, 2.05) is 12.2 Å². The van der Waals surface area contributed by atoms with E-state index in [0.717, 1.165) is 19.3 Å². The van der Waals surface area contributed by atoms with Gasteiger partial charge < -0.3 is 10.4 Å². The summed E-state index contributed by atoms with van der Waals surface area (Å²) in [6, 6.07) is 0. The summed E-state index contributed by atoms with van der Waals surface area (Å²) in [5.41, 5.74) is 0.179. The van der Waals surface area contributed by atoms with Crippen molar-refractivity contribution in [2.45, 2.75) is 51.9 Å². The Hall–Kier alpha value is -1.32. The van der Waals surface area contributed by atoms with Gasteiger partial charge in [-0.05, 0) is 36.5 Å². The molecule has 0 spiro atoms. The first-order valence-electron chi connectivity index (χ1n) is 8.69. The van der Waals surface area contributed by atoms with Crippen LogP contribution in [0.3, 0.4) is 0 Å². The molecular weight excluding hydrogens is 278 g/mol. The van der Waals surface area contributed by atoms with Crippen molar-refractivity contribution in [2.24, 2.45) is 29.1 Å². The fourth-order valence-corrected chi connectivity index (χ4v) is 4.69. The van der Waals surface area contributed by atoms with Crippen LogP contribution in [0.15, 0.2) is 12.2 Å². The lowest BCUT2D eigenvalue weighted by molar-refractivity contribution is -0.147. The topological polar surface area (TPSA) is 66.4 Å². The second-order valence-corrected chi connectivity index (χ2v) is 7.78. The molecule has 4 atom stereocenters. The third kappa shape index (κ3) is 2.92. The summed E-state index contributed by atoms with van der Waals surface area (Å²) < 4.78 is 0. The minimum Gasteiger partial charge on any atom is -0.481 e. The monoisotopic (exact) mass is 305 g/mol. The van der Waals surface area contributed by atoms with Crippen molar-refractivity contribution in [1.29, 1.82) is 0 Å². The predicted octanol–water partition coefficient (Wildman–Crippen LogP) is 2.99. The van der Waals surface area contributed by atoms with Crippen molar-refractivity contribution in [1.82, 2.24) is 5.32 Å². The number of aliphatic carboxylic acids is 1. The fourth-order valence-electron chi connectivity index (χ4n) is 4.69. The average Bonchev–Trinajstić information content (AvgIpc) is 3.03. The largest absolute Gasteiger partial charge is 0.481 e. The Morgan fingerprint density at radius 3 is 2.27 bits per heavy atom. The van der Waals surface area contributed by atoms with Crippen LogP contribution >= 0.6 is 0 Å². The Kier molecular flexibility index (Phi) is 4.28. The molecule has 2 N–H and O–H groups in total. The van der Waals surface area contributed by atoms with Crippen LogP contribution in [0.4, 0.5) is 0 Å². The van der Waals surface area contributed by atoms with Gasteiger partial charge in [-0.25, -0.2) is 0 Å². The van der Waals surface area contributed by atoms with Gasteiger partial charge in [0, 0.05) is 6.54 Å². The lowest BCUT2D eigenvalue weighted by atomic mass is 9.80. The van der Waals surface area contributed by atoms with E-state index in [2.05, 4.69) is 12.2 Å². The molecule has 122 valence electrons. The van der Waals surface area contributed by atoms with Crippen LogP contribution in [0.5, 0.6) is 0 Å². The summed E-state index contributed by atoms with van der Waals surface area (Å²) >= 11 is 0. The number of nitrogens with one attached hydrogen (secondary N) is 1. The molecule has 0 saturated heterocycles. The summed E-state index contributed by atoms with van der Waals surface area (Å²) in [6.45, 7) is 2.95. The maximum Gasteiger partial charge on any atom is 0.307 e. The second kappa shape index (κ2) is 6.05. The van der Waals surface area contributed by atoms with Gasteiger partial charge in [0.2, 0.25) is 5.91 Å². The third-order valence-electron chi connectivity index (χ3n) is 6.05. The molecule has 2 bridgehead atoms. The van der Waals surface area contributed by atoms with Gasteiger partial charge >= 0.3 is 5.97 Å². The van der Waals surface area contributed by atoms with Crippen LogP contribution < -0.4 is 5.32 Å². The highest BCUT2D eigenvalue weighted by molar-refractivity contribution is 5.86. The SMILES string of the molecule is CC1(CNC(=O)C2C3C=CC(C3)C2C(=O)O)CCCCCC1. The highest BCUT2D eigenvalue weighted by Gasteiger charge is 2.51. The number of rotatable bonds is 4. The zero-order valence-electron chi connectivity index (χ0n) is 13.4. The molecule has 4 nitrogen and oxygen atoms in total. The van der Waals surface area contributed by atoms with Crippen LogP contribution in [-0.2, 0) is 9.59 Å².